The second kappa shape index (κ2) is 5.75. The van der Waals surface area contributed by atoms with Gasteiger partial charge in [0.25, 0.3) is 0 Å². The fourth-order valence-electron chi connectivity index (χ4n) is 2.29. The van der Waals surface area contributed by atoms with Crippen molar-refractivity contribution in [2.24, 2.45) is 5.14 Å². The molecule has 0 aromatic heterocycles. The number of nitrogens with two attached hydrogens (primary N) is 2. The van der Waals surface area contributed by atoms with Gasteiger partial charge in [0.1, 0.15) is 0 Å². The molecule has 2 rings (SSSR count). The van der Waals surface area contributed by atoms with Crippen LogP contribution in [0.5, 0.6) is 0 Å². The number of nitrogens with zero attached hydrogens (tertiary/aromatic N) is 1. The van der Waals surface area contributed by atoms with Crippen LogP contribution in [0.3, 0.4) is 0 Å². The van der Waals surface area contributed by atoms with Crippen LogP contribution in [0.1, 0.15) is 12.5 Å². The summed E-state index contributed by atoms with van der Waals surface area (Å²) in [6.45, 7) is 4.75. The summed E-state index contributed by atoms with van der Waals surface area (Å²) in [6.07, 6.45) is 0. The SMILES string of the molecule is CCN(c1ccccc1C)c1ccc(S(N)(=O)=O)cc1N. The van der Waals surface area contributed by atoms with Crippen LogP contribution >= 0.6 is 0 Å². The van der Waals surface area contributed by atoms with Gasteiger partial charge in [-0.05, 0) is 43.7 Å². The first-order valence-corrected chi connectivity index (χ1v) is 8.14. The molecular formula is C15H19N3O2S. The third kappa shape index (κ3) is 3.17. The molecule has 112 valence electrons. The minimum atomic E-state index is -3.75. The molecule has 0 aliphatic heterocycles. The van der Waals surface area contributed by atoms with Gasteiger partial charge in [-0.3, -0.25) is 0 Å². The van der Waals surface area contributed by atoms with Crippen LogP contribution in [0.2, 0.25) is 0 Å². The molecule has 6 heteroatoms. The van der Waals surface area contributed by atoms with Crippen molar-refractivity contribution in [1.29, 1.82) is 0 Å². The molecule has 0 aliphatic carbocycles. The molecule has 0 heterocycles. The van der Waals surface area contributed by atoms with Crippen LogP contribution in [0, 0.1) is 6.92 Å². The maximum Gasteiger partial charge on any atom is 0.238 e. The fourth-order valence-corrected chi connectivity index (χ4v) is 2.84. The molecule has 0 saturated heterocycles. The van der Waals surface area contributed by atoms with Crippen LogP contribution in [-0.4, -0.2) is 15.0 Å². The van der Waals surface area contributed by atoms with Crippen molar-refractivity contribution in [3.05, 3.63) is 48.0 Å². The molecule has 0 amide bonds. The number of benzene rings is 2. The van der Waals surface area contributed by atoms with E-state index in [0.717, 1.165) is 16.9 Å². The molecule has 0 radical (unpaired) electrons. The molecule has 21 heavy (non-hydrogen) atoms. The van der Waals surface area contributed by atoms with Crippen molar-refractivity contribution >= 4 is 27.1 Å². The summed E-state index contributed by atoms with van der Waals surface area (Å²) in [5.74, 6) is 0. The average Bonchev–Trinajstić information content (AvgIpc) is 2.42. The molecule has 0 spiro atoms. The number of primary sulfonamides is 1. The Hall–Kier alpha value is -2.05. The van der Waals surface area contributed by atoms with Gasteiger partial charge < -0.3 is 10.6 Å². The molecule has 0 atom stereocenters. The van der Waals surface area contributed by atoms with E-state index in [1.54, 1.807) is 6.07 Å². The van der Waals surface area contributed by atoms with Crippen LogP contribution in [0.25, 0.3) is 0 Å². The first-order chi connectivity index (χ1) is 9.84. The molecule has 4 N–H and O–H groups in total. The zero-order valence-electron chi connectivity index (χ0n) is 12.1. The lowest BCUT2D eigenvalue weighted by molar-refractivity contribution is 0.598. The minimum Gasteiger partial charge on any atom is -0.397 e. The van der Waals surface area contributed by atoms with E-state index >= 15 is 0 Å². The first kappa shape index (κ1) is 15.3. The quantitative estimate of drug-likeness (QED) is 0.849. The largest absolute Gasteiger partial charge is 0.397 e. The topological polar surface area (TPSA) is 89.4 Å². The summed E-state index contributed by atoms with van der Waals surface area (Å²) in [4.78, 5) is 2.06. The number of anilines is 3. The number of hydrogen-bond donors (Lipinski definition) is 2. The second-order valence-electron chi connectivity index (χ2n) is 4.80. The van der Waals surface area contributed by atoms with Crippen molar-refractivity contribution in [2.45, 2.75) is 18.7 Å². The molecule has 0 saturated carbocycles. The van der Waals surface area contributed by atoms with Crippen LogP contribution in [0.15, 0.2) is 47.4 Å². The number of aryl methyl sites for hydroxylation is 1. The van der Waals surface area contributed by atoms with E-state index in [-0.39, 0.29) is 4.90 Å². The standard InChI is InChI=1S/C15H19N3O2S/c1-3-18(14-7-5-4-6-11(14)2)15-9-8-12(10-13(15)16)21(17,19)20/h4-10H,3,16H2,1-2H3,(H2,17,19,20). The smallest absolute Gasteiger partial charge is 0.238 e. The summed E-state index contributed by atoms with van der Waals surface area (Å²) in [5.41, 5.74) is 9.32. The highest BCUT2D eigenvalue weighted by molar-refractivity contribution is 7.89. The van der Waals surface area contributed by atoms with Crippen molar-refractivity contribution in [3.8, 4) is 0 Å². The third-order valence-electron chi connectivity index (χ3n) is 3.34. The molecule has 0 bridgehead atoms. The Balaban J connectivity index is 2.52. The first-order valence-electron chi connectivity index (χ1n) is 6.60. The molecule has 0 aliphatic rings. The number of sulfonamides is 1. The Bertz CT molecular complexity index is 757. The van der Waals surface area contributed by atoms with Crippen LogP contribution in [-0.2, 0) is 10.0 Å². The van der Waals surface area contributed by atoms with E-state index in [2.05, 4.69) is 0 Å². The van der Waals surface area contributed by atoms with Gasteiger partial charge in [0.15, 0.2) is 0 Å². The predicted molar refractivity (Wildman–Crippen MR) is 86.1 cm³/mol. The molecule has 2 aromatic carbocycles. The van der Waals surface area contributed by atoms with Crippen molar-refractivity contribution in [2.75, 3.05) is 17.2 Å². The summed E-state index contributed by atoms with van der Waals surface area (Å²) in [5, 5.41) is 5.12. The van der Waals surface area contributed by atoms with E-state index in [1.807, 2.05) is 43.0 Å². The van der Waals surface area contributed by atoms with Crippen LogP contribution in [0.4, 0.5) is 17.1 Å². The van der Waals surface area contributed by atoms with Gasteiger partial charge in [0, 0.05) is 12.2 Å². The summed E-state index contributed by atoms with van der Waals surface area (Å²) in [6, 6.07) is 12.5. The molecular weight excluding hydrogens is 286 g/mol. The van der Waals surface area contributed by atoms with Crippen molar-refractivity contribution < 1.29 is 8.42 Å². The Labute approximate surface area is 125 Å². The second-order valence-corrected chi connectivity index (χ2v) is 6.36. The Kier molecular flexibility index (Phi) is 4.20. The van der Waals surface area contributed by atoms with Gasteiger partial charge in [-0.25, -0.2) is 13.6 Å². The highest BCUT2D eigenvalue weighted by atomic mass is 32.2. The number of rotatable bonds is 4. The molecule has 2 aromatic rings. The number of nitrogen functional groups attached to an aromatic ring is 1. The highest BCUT2D eigenvalue weighted by Gasteiger charge is 2.15. The van der Waals surface area contributed by atoms with Crippen LogP contribution < -0.4 is 15.8 Å². The van der Waals surface area contributed by atoms with Gasteiger partial charge in [-0.1, -0.05) is 18.2 Å². The Morgan fingerprint density at radius 2 is 1.76 bits per heavy atom. The van der Waals surface area contributed by atoms with E-state index in [0.29, 0.717) is 12.2 Å². The van der Waals surface area contributed by atoms with Gasteiger partial charge in [0.05, 0.1) is 16.3 Å². The van der Waals surface area contributed by atoms with E-state index in [1.165, 1.54) is 12.1 Å². The third-order valence-corrected chi connectivity index (χ3v) is 4.25. The predicted octanol–water partition coefficient (Wildman–Crippen LogP) is 2.38. The zero-order valence-corrected chi connectivity index (χ0v) is 12.9. The number of hydrogen-bond acceptors (Lipinski definition) is 4. The Morgan fingerprint density at radius 3 is 2.29 bits per heavy atom. The maximum absolute atomic E-state index is 11.4. The molecule has 5 nitrogen and oxygen atoms in total. The van der Waals surface area contributed by atoms with Crippen molar-refractivity contribution in [1.82, 2.24) is 0 Å². The normalized spacial score (nSPS) is 11.4. The molecule has 0 unspecified atom stereocenters. The zero-order chi connectivity index (χ0) is 15.6. The average molecular weight is 305 g/mol. The van der Waals surface area contributed by atoms with Gasteiger partial charge >= 0.3 is 0 Å². The summed E-state index contributed by atoms with van der Waals surface area (Å²) >= 11 is 0. The fraction of sp³-hybridized carbons (Fsp3) is 0.200. The van der Waals surface area contributed by atoms with Gasteiger partial charge in [-0.15, -0.1) is 0 Å². The number of para-hydroxylation sites is 1. The molecule has 0 fully saturated rings. The monoisotopic (exact) mass is 305 g/mol. The van der Waals surface area contributed by atoms with Crippen molar-refractivity contribution in [3.63, 3.8) is 0 Å². The van der Waals surface area contributed by atoms with E-state index in [9.17, 15) is 8.42 Å². The lowest BCUT2D eigenvalue weighted by Crippen LogP contribution is -2.19. The maximum atomic E-state index is 11.4. The van der Waals surface area contributed by atoms with Gasteiger partial charge in [-0.2, -0.15) is 0 Å². The summed E-state index contributed by atoms with van der Waals surface area (Å²) in [7, 11) is -3.75. The lowest BCUT2D eigenvalue weighted by atomic mass is 10.1. The lowest BCUT2D eigenvalue weighted by Gasteiger charge is -2.26. The summed E-state index contributed by atoms with van der Waals surface area (Å²) < 4.78 is 22.7. The van der Waals surface area contributed by atoms with Gasteiger partial charge in [0.2, 0.25) is 10.0 Å². The highest BCUT2D eigenvalue weighted by Crippen LogP contribution is 2.33. The Morgan fingerprint density at radius 1 is 1.10 bits per heavy atom. The minimum absolute atomic E-state index is 0.0181. The van der Waals surface area contributed by atoms with E-state index in [4.69, 9.17) is 10.9 Å². The van der Waals surface area contributed by atoms with E-state index < -0.39 is 10.0 Å².